The second-order valence-electron chi connectivity index (χ2n) is 5.69. The van der Waals surface area contributed by atoms with Gasteiger partial charge in [-0.25, -0.2) is 4.79 Å². The van der Waals surface area contributed by atoms with E-state index in [1.54, 1.807) is 12.1 Å². The highest BCUT2D eigenvalue weighted by Crippen LogP contribution is 2.31. The first kappa shape index (κ1) is 16.2. The third kappa shape index (κ3) is 3.03. The number of carbonyl (C=O) groups is 2. The molecule has 1 unspecified atom stereocenters. The second kappa shape index (κ2) is 6.84. The number of rotatable bonds is 3. The molecule has 2 aromatic rings. The molecule has 24 heavy (non-hydrogen) atoms. The first-order valence-corrected chi connectivity index (χ1v) is 7.74. The molecule has 0 fully saturated rings. The fraction of sp³-hybridized carbons (Fsp3) is 0.263. The number of methoxy groups -OCH3 is 2. The van der Waals surface area contributed by atoms with E-state index < -0.39 is 6.04 Å². The van der Waals surface area contributed by atoms with Crippen LogP contribution < -0.4 is 5.32 Å². The summed E-state index contributed by atoms with van der Waals surface area (Å²) in [6.45, 7) is 0. The minimum absolute atomic E-state index is 0.134. The van der Waals surface area contributed by atoms with Crippen LogP contribution in [0.3, 0.4) is 0 Å². The lowest BCUT2D eigenvalue weighted by Crippen LogP contribution is -2.45. The van der Waals surface area contributed by atoms with E-state index in [1.807, 2.05) is 30.3 Å². The van der Waals surface area contributed by atoms with Crippen molar-refractivity contribution in [2.24, 2.45) is 0 Å². The molecule has 5 nitrogen and oxygen atoms in total. The Bertz CT molecular complexity index is 754. The first-order chi connectivity index (χ1) is 11.6. The van der Waals surface area contributed by atoms with E-state index in [1.165, 1.54) is 14.2 Å². The van der Waals surface area contributed by atoms with E-state index in [-0.39, 0.29) is 18.0 Å². The van der Waals surface area contributed by atoms with Crippen molar-refractivity contribution in [1.29, 1.82) is 0 Å². The van der Waals surface area contributed by atoms with Crippen LogP contribution in [0.15, 0.2) is 48.5 Å². The van der Waals surface area contributed by atoms with E-state index in [4.69, 9.17) is 9.47 Å². The van der Waals surface area contributed by atoms with E-state index in [0.717, 1.165) is 16.7 Å². The van der Waals surface area contributed by atoms with Gasteiger partial charge in [-0.15, -0.1) is 0 Å². The lowest BCUT2D eigenvalue weighted by Gasteiger charge is -2.32. The molecule has 0 amide bonds. The van der Waals surface area contributed by atoms with Crippen molar-refractivity contribution in [1.82, 2.24) is 5.32 Å². The van der Waals surface area contributed by atoms with Gasteiger partial charge in [-0.05, 0) is 35.2 Å². The number of carbonyl (C=O) groups excluding carboxylic acids is 2. The van der Waals surface area contributed by atoms with Gasteiger partial charge in [0.05, 0.1) is 25.8 Å². The standard InChI is InChI=1S/C19H19NO4/c1-23-18(21)13-9-7-12(8-10-13)17-15-6-4-3-5-14(15)11-16(20-17)19(22)24-2/h3-10,16-17,20H,11H2,1-2H3/t16-,17?/m1/s1. The molecule has 0 bridgehead atoms. The SMILES string of the molecule is COC(=O)c1ccc(C2N[C@@H](C(=O)OC)Cc3ccccc32)cc1. The molecule has 0 saturated carbocycles. The molecular weight excluding hydrogens is 306 g/mol. The van der Waals surface area contributed by atoms with Crippen molar-refractivity contribution < 1.29 is 19.1 Å². The van der Waals surface area contributed by atoms with Crippen LogP contribution in [0.5, 0.6) is 0 Å². The summed E-state index contributed by atoms with van der Waals surface area (Å²) in [6.07, 6.45) is 0.597. The molecule has 0 aliphatic carbocycles. The Hall–Kier alpha value is -2.66. The number of benzene rings is 2. The molecule has 2 atom stereocenters. The zero-order valence-electron chi connectivity index (χ0n) is 13.6. The van der Waals surface area contributed by atoms with Crippen LogP contribution in [0.25, 0.3) is 0 Å². The van der Waals surface area contributed by atoms with Gasteiger partial charge in [0.25, 0.3) is 0 Å². The Labute approximate surface area is 140 Å². The van der Waals surface area contributed by atoms with E-state index in [9.17, 15) is 9.59 Å². The molecule has 3 rings (SSSR count). The maximum atomic E-state index is 12.0. The number of hydrogen-bond donors (Lipinski definition) is 1. The molecule has 1 aliphatic rings. The Morgan fingerprint density at radius 2 is 1.71 bits per heavy atom. The Kier molecular flexibility index (Phi) is 4.62. The molecule has 1 heterocycles. The molecule has 0 radical (unpaired) electrons. The molecule has 0 saturated heterocycles. The second-order valence-corrected chi connectivity index (χ2v) is 5.69. The van der Waals surface area contributed by atoms with Crippen molar-refractivity contribution in [3.05, 3.63) is 70.8 Å². The fourth-order valence-corrected chi connectivity index (χ4v) is 3.07. The van der Waals surface area contributed by atoms with Crippen molar-refractivity contribution in [3.8, 4) is 0 Å². The number of hydrogen-bond acceptors (Lipinski definition) is 5. The lowest BCUT2D eigenvalue weighted by atomic mass is 9.86. The van der Waals surface area contributed by atoms with Crippen LogP contribution in [-0.4, -0.2) is 32.2 Å². The van der Waals surface area contributed by atoms with Crippen molar-refractivity contribution >= 4 is 11.9 Å². The molecule has 0 aromatic heterocycles. The minimum atomic E-state index is -0.393. The number of nitrogens with one attached hydrogen (secondary N) is 1. The summed E-state index contributed by atoms with van der Waals surface area (Å²) in [4.78, 5) is 23.6. The summed E-state index contributed by atoms with van der Waals surface area (Å²) >= 11 is 0. The summed E-state index contributed by atoms with van der Waals surface area (Å²) in [6, 6.07) is 14.7. The molecule has 1 N–H and O–H groups in total. The first-order valence-electron chi connectivity index (χ1n) is 7.74. The van der Waals surface area contributed by atoms with Gasteiger partial charge in [0.2, 0.25) is 0 Å². The number of fused-ring (bicyclic) bond motifs is 1. The average Bonchev–Trinajstić information content (AvgIpc) is 2.66. The summed E-state index contributed by atoms with van der Waals surface area (Å²) < 4.78 is 9.62. The van der Waals surface area contributed by atoms with E-state index in [2.05, 4.69) is 11.4 Å². The normalized spacial score (nSPS) is 19.2. The topological polar surface area (TPSA) is 64.6 Å². The Morgan fingerprint density at radius 3 is 2.38 bits per heavy atom. The third-order valence-corrected chi connectivity index (χ3v) is 4.31. The quantitative estimate of drug-likeness (QED) is 0.877. The van der Waals surface area contributed by atoms with Crippen LogP contribution in [-0.2, 0) is 20.7 Å². The van der Waals surface area contributed by atoms with Gasteiger partial charge < -0.3 is 9.47 Å². The zero-order valence-corrected chi connectivity index (χ0v) is 13.6. The van der Waals surface area contributed by atoms with Crippen LogP contribution in [0.1, 0.15) is 33.1 Å². The highest BCUT2D eigenvalue weighted by Gasteiger charge is 2.31. The maximum absolute atomic E-state index is 12.0. The molecule has 124 valence electrons. The molecule has 0 spiro atoms. The van der Waals surface area contributed by atoms with Gasteiger partial charge in [-0.2, -0.15) is 0 Å². The van der Waals surface area contributed by atoms with Gasteiger partial charge in [0.1, 0.15) is 6.04 Å². The highest BCUT2D eigenvalue weighted by atomic mass is 16.5. The Balaban J connectivity index is 1.96. The van der Waals surface area contributed by atoms with Crippen LogP contribution >= 0.6 is 0 Å². The predicted octanol–water partition coefficient (Wildman–Crippen LogP) is 2.25. The van der Waals surface area contributed by atoms with Crippen LogP contribution in [0.2, 0.25) is 0 Å². The zero-order chi connectivity index (χ0) is 17.1. The highest BCUT2D eigenvalue weighted by molar-refractivity contribution is 5.89. The van der Waals surface area contributed by atoms with Crippen molar-refractivity contribution in [3.63, 3.8) is 0 Å². The van der Waals surface area contributed by atoms with Gasteiger partial charge in [0.15, 0.2) is 0 Å². The summed E-state index contributed by atoms with van der Waals surface area (Å²) in [5, 5.41) is 3.35. The number of esters is 2. The Morgan fingerprint density at radius 1 is 1.00 bits per heavy atom. The summed E-state index contributed by atoms with van der Waals surface area (Å²) in [5.74, 6) is -0.647. The van der Waals surface area contributed by atoms with Crippen LogP contribution in [0.4, 0.5) is 0 Å². The van der Waals surface area contributed by atoms with E-state index >= 15 is 0 Å². The lowest BCUT2D eigenvalue weighted by molar-refractivity contribution is -0.143. The monoisotopic (exact) mass is 325 g/mol. The average molecular weight is 325 g/mol. The minimum Gasteiger partial charge on any atom is -0.468 e. The predicted molar refractivity (Wildman–Crippen MR) is 88.7 cm³/mol. The van der Waals surface area contributed by atoms with Gasteiger partial charge >= 0.3 is 11.9 Å². The van der Waals surface area contributed by atoms with Gasteiger partial charge in [0, 0.05) is 0 Å². The van der Waals surface area contributed by atoms with E-state index in [0.29, 0.717) is 12.0 Å². The molecule has 5 heteroatoms. The van der Waals surface area contributed by atoms with Gasteiger partial charge in [-0.3, -0.25) is 10.1 Å². The fourth-order valence-electron chi connectivity index (χ4n) is 3.07. The maximum Gasteiger partial charge on any atom is 0.337 e. The summed E-state index contributed by atoms with van der Waals surface area (Å²) in [7, 11) is 2.75. The third-order valence-electron chi connectivity index (χ3n) is 4.31. The van der Waals surface area contributed by atoms with Gasteiger partial charge in [-0.1, -0.05) is 36.4 Å². The van der Waals surface area contributed by atoms with Crippen molar-refractivity contribution in [2.45, 2.75) is 18.5 Å². The molecular formula is C19H19NO4. The largest absolute Gasteiger partial charge is 0.468 e. The van der Waals surface area contributed by atoms with Crippen LogP contribution in [0, 0.1) is 0 Å². The molecule has 2 aromatic carbocycles. The number of ether oxygens (including phenoxy) is 2. The summed E-state index contributed by atoms with van der Waals surface area (Å²) in [5.41, 5.74) is 3.72. The van der Waals surface area contributed by atoms with Crippen molar-refractivity contribution in [2.75, 3.05) is 14.2 Å². The molecule has 1 aliphatic heterocycles. The smallest absolute Gasteiger partial charge is 0.337 e.